The van der Waals surface area contributed by atoms with E-state index in [4.69, 9.17) is 10.1 Å². The number of fused-ring (bicyclic) bond motifs is 1. The van der Waals surface area contributed by atoms with Gasteiger partial charge in [0.1, 0.15) is 5.75 Å². The van der Waals surface area contributed by atoms with Gasteiger partial charge in [-0.15, -0.1) is 0 Å². The summed E-state index contributed by atoms with van der Waals surface area (Å²) in [4.78, 5) is 1.29. The van der Waals surface area contributed by atoms with E-state index in [2.05, 4.69) is 52.0 Å². The summed E-state index contributed by atoms with van der Waals surface area (Å²) in [6.45, 7) is 13.7. The summed E-state index contributed by atoms with van der Waals surface area (Å²) in [6.07, 6.45) is 2.29. The highest BCUT2D eigenvalue weighted by atomic mass is 35.5. The molecular formula is C23H35ClN2O. The third kappa shape index (κ3) is 6.51. The van der Waals surface area contributed by atoms with Crippen molar-refractivity contribution in [3.63, 3.8) is 0 Å². The van der Waals surface area contributed by atoms with Crippen LogP contribution in [0.2, 0.25) is 0 Å². The fourth-order valence-corrected chi connectivity index (χ4v) is 3.26. The van der Waals surface area contributed by atoms with Gasteiger partial charge in [-0.1, -0.05) is 52.0 Å². The molecule has 0 aliphatic heterocycles. The Balaban J connectivity index is 0.00000364. The van der Waals surface area contributed by atoms with E-state index >= 15 is 0 Å². The van der Waals surface area contributed by atoms with Gasteiger partial charge in [0, 0.05) is 10.8 Å². The number of benzene rings is 2. The first-order valence-corrected chi connectivity index (χ1v) is 10.0. The average molecular weight is 391 g/mol. The number of hydrogen-bond acceptors (Lipinski definition) is 2. The molecule has 27 heavy (non-hydrogen) atoms. The first-order chi connectivity index (χ1) is 12.4. The quantitative estimate of drug-likeness (QED) is 0.494. The monoisotopic (exact) mass is 390 g/mol. The lowest BCUT2D eigenvalue weighted by atomic mass is 10.0. The fraction of sp³-hybridized carbons (Fsp3) is 0.522. The van der Waals surface area contributed by atoms with Crippen LogP contribution in [0, 0.1) is 17.2 Å². The predicted molar refractivity (Wildman–Crippen MR) is 112 cm³/mol. The molecule has 0 aromatic heterocycles. The second-order valence-corrected chi connectivity index (χ2v) is 7.93. The minimum absolute atomic E-state index is 0. The number of quaternary nitrogens is 1. The largest absolute Gasteiger partial charge is 1.00 e. The lowest BCUT2D eigenvalue weighted by Gasteiger charge is -2.22. The Bertz CT molecular complexity index is 715. The molecule has 2 N–H and O–H groups in total. The van der Waals surface area contributed by atoms with Crippen LogP contribution in [-0.2, 0) is 0 Å². The Morgan fingerprint density at radius 3 is 2.00 bits per heavy atom. The molecule has 0 bridgehead atoms. The molecule has 0 saturated carbocycles. The molecule has 0 saturated heterocycles. The lowest BCUT2D eigenvalue weighted by Crippen LogP contribution is -3.14. The summed E-state index contributed by atoms with van der Waals surface area (Å²) < 4.78 is 5.79. The predicted octanol–water partition coefficient (Wildman–Crippen LogP) is 1.54. The van der Waals surface area contributed by atoms with Gasteiger partial charge in [-0.2, -0.15) is 0 Å². The number of rotatable bonds is 9. The van der Waals surface area contributed by atoms with Crippen LogP contribution in [0.25, 0.3) is 10.8 Å². The maximum atomic E-state index is 8.95. The highest BCUT2D eigenvalue weighted by Gasteiger charge is 2.21. The van der Waals surface area contributed by atoms with Crippen LogP contribution in [0.15, 0.2) is 36.4 Å². The van der Waals surface area contributed by atoms with Crippen molar-refractivity contribution in [1.82, 2.24) is 0 Å². The summed E-state index contributed by atoms with van der Waals surface area (Å²) >= 11 is 0. The highest BCUT2D eigenvalue weighted by molar-refractivity contribution is 6.06. The second kappa shape index (κ2) is 11.3. The number of halogens is 1. The molecule has 0 heterocycles. The molecule has 0 radical (unpaired) electrons. The van der Waals surface area contributed by atoms with Crippen molar-refractivity contribution in [1.29, 1.82) is 5.41 Å². The van der Waals surface area contributed by atoms with Gasteiger partial charge in [0.25, 0.3) is 0 Å². The molecule has 2 rings (SSSR count). The fourth-order valence-electron chi connectivity index (χ4n) is 3.26. The van der Waals surface area contributed by atoms with Gasteiger partial charge in [0.15, 0.2) is 0 Å². The van der Waals surface area contributed by atoms with Gasteiger partial charge in [-0.25, -0.2) is 0 Å². The molecule has 0 aliphatic rings. The van der Waals surface area contributed by atoms with Gasteiger partial charge in [0.2, 0.25) is 5.84 Å². The molecule has 0 fully saturated rings. The zero-order valence-corrected chi connectivity index (χ0v) is 18.2. The first-order valence-electron chi connectivity index (χ1n) is 10.0. The third-order valence-corrected chi connectivity index (χ3v) is 4.85. The van der Waals surface area contributed by atoms with Gasteiger partial charge in [-0.05, 0) is 43.7 Å². The number of hydrogen-bond donors (Lipinski definition) is 2. The Morgan fingerprint density at radius 1 is 0.926 bits per heavy atom. The summed E-state index contributed by atoms with van der Waals surface area (Å²) in [6, 6.07) is 12.4. The summed E-state index contributed by atoms with van der Waals surface area (Å²) in [5.41, 5.74) is 1.03. The number of nitrogens with one attached hydrogen (secondary N) is 2. The van der Waals surface area contributed by atoms with Crippen LogP contribution in [0.4, 0.5) is 0 Å². The molecule has 0 atom stereocenters. The summed E-state index contributed by atoms with van der Waals surface area (Å²) in [5, 5.41) is 11.2. The lowest BCUT2D eigenvalue weighted by molar-refractivity contribution is -0.807. The normalized spacial score (nSPS) is 11.3. The zero-order valence-electron chi connectivity index (χ0n) is 17.4. The molecule has 4 heteroatoms. The second-order valence-electron chi connectivity index (χ2n) is 7.93. The summed E-state index contributed by atoms with van der Waals surface area (Å²) in [5.74, 6) is 2.94. The molecule has 0 spiro atoms. The van der Waals surface area contributed by atoms with Crippen molar-refractivity contribution in [2.45, 2.75) is 47.5 Å². The van der Waals surface area contributed by atoms with E-state index in [1.54, 1.807) is 0 Å². The Kier molecular flexibility index (Phi) is 9.82. The van der Waals surface area contributed by atoms with Crippen LogP contribution < -0.4 is 22.0 Å². The van der Waals surface area contributed by atoms with Crippen LogP contribution >= 0.6 is 0 Å². The van der Waals surface area contributed by atoms with E-state index in [0.29, 0.717) is 24.3 Å². The standard InChI is InChI=1S/C23H34N2O.ClH/c1-6-26-22-12-11-21(19-9-7-8-10-20(19)22)23(24)25(15-13-17(2)3)16-14-18(4)5;/h7-12,17-18,24H,6,13-16H2,1-5H3;1H. The molecule has 2 aromatic carbocycles. The molecule has 3 nitrogen and oxygen atoms in total. The van der Waals surface area contributed by atoms with E-state index in [0.717, 1.165) is 48.0 Å². The first kappa shape index (κ1) is 23.5. The van der Waals surface area contributed by atoms with Crippen molar-refractivity contribution < 1.29 is 22.0 Å². The maximum absolute atomic E-state index is 8.95. The Morgan fingerprint density at radius 2 is 1.48 bits per heavy atom. The van der Waals surface area contributed by atoms with Crippen LogP contribution in [0.5, 0.6) is 5.75 Å². The molecule has 0 amide bonds. The van der Waals surface area contributed by atoms with E-state index in [-0.39, 0.29) is 12.4 Å². The number of ether oxygens (including phenoxy) is 1. The topological polar surface area (TPSA) is 37.5 Å². The zero-order chi connectivity index (χ0) is 19.1. The Hall–Kier alpha value is -1.58. The molecular weight excluding hydrogens is 356 g/mol. The SMILES string of the molecule is CCOc1ccc(C(=N)[NH+](CCC(C)C)CCC(C)C)c2ccccc12.[Cl-]. The van der Waals surface area contributed by atoms with Crippen molar-refractivity contribution >= 4 is 16.6 Å². The van der Waals surface area contributed by atoms with Gasteiger partial charge >= 0.3 is 0 Å². The van der Waals surface area contributed by atoms with Gasteiger partial charge in [-0.3, -0.25) is 10.3 Å². The molecule has 0 aliphatic carbocycles. The van der Waals surface area contributed by atoms with Crippen molar-refractivity contribution in [3.05, 3.63) is 42.0 Å². The van der Waals surface area contributed by atoms with E-state index < -0.39 is 0 Å². The number of amidine groups is 1. The van der Waals surface area contributed by atoms with Crippen molar-refractivity contribution in [2.75, 3.05) is 19.7 Å². The van der Waals surface area contributed by atoms with Crippen LogP contribution in [0.1, 0.15) is 53.0 Å². The molecule has 150 valence electrons. The third-order valence-electron chi connectivity index (χ3n) is 4.85. The maximum Gasteiger partial charge on any atom is 0.226 e. The Labute approximate surface area is 171 Å². The van der Waals surface area contributed by atoms with E-state index in [1.165, 1.54) is 4.90 Å². The van der Waals surface area contributed by atoms with Crippen molar-refractivity contribution in [3.8, 4) is 5.75 Å². The van der Waals surface area contributed by atoms with Gasteiger partial charge < -0.3 is 17.1 Å². The molecule has 0 unspecified atom stereocenters. The van der Waals surface area contributed by atoms with Crippen LogP contribution in [0.3, 0.4) is 0 Å². The minimum atomic E-state index is 0. The van der Waals surface area contributed by atoms with Crippen LogP contribution in [-0.4, -0.2) is 25.5 Å². The van der Waals surface area contributed by atoms with E-state index in [1.807, 2.05) is 19.1 Å². The minimum Gasteiger partial charge on any atom is -1.00 e. The van der Waals surface area contributed by atoms with Crippen molar-refractivity contribution in [2.24, 2.45) is 11.8 Å². The average Bonchev–Trinajstić information content (AvgIpc) is 2.61. The summed E-state index contributed by atoms with van der Waals surface area (Å²) in [7, 11) is 0. The molecule has 2 aromatic rings. The van der Waals surface area contributed by atoms with Gasteiger partial charge in [0.05, 0.1) is 25.3 Å². The smallest absolute Gasteiger partial charge is 0.226 e. The highest BCUT2D eigenvalue weighted by Crippen LogP contribution is 2.28. The van der Waals surface area contributed by atoms with E-state index in [9.17, 15) is 0 Å².